The van der Waals surface area contributed by atoms with Crippen LogP contribution in [0.5, 0.6) is 5.75 Å². The largest absolute Gasteiger partial charge is 0.508 e. The molecule has 0 amide bonds. The van der Waals surface area contributed by atoms with Crippen molar-refractivity contribution in [2.45, 2.75) is 32.7 Å². The van der Waals surface area contributed by atoms with Crippen LogP contribution >= 0.6 is 0 Å². The Balaban J connectivity index is 1.98. The summed E-state index contributed by atoms with van der Waals surface area (Å²) in [7, 11) is 0. The topological polar surface area (TPSA) is 35.5 Å². The van der Waals surface area contributed by atoms with E-state index in [0.717, 1.165) is 32.6 Å². The summed E-state index contributed by atoms with van der Waals surface area (Å²) < 4.78 is 13.3. The number of hydrogen-bond acceptors (Lipinski definition) is 3. The van der Waals surface area contributed by atoms with Crippen LogP contribution in [0.2, 0.25) is 0 Å². The molecule has 1 aliphatic rings. The summed E-state index contributed by atoms with van der Waals surface area (Å²) >= 11 is 0. The molecule has 3 nitrogen and oxygen atoms in total. The smallest absolute Gasteiger partial charge is 0.123 e. The minimum Gasteiger partial charge on any atom is -0.508 e. The highest BCUT2D eigenvalue weighted by Crippen LogP contribution is 2.22. The van der Waals surface area contributed by atoms with Gasteiger partial charge in [-0.25, -0.2) is 4.39 Å². The van der Waals surface area contributed by atoms with Crippen LogP contribution in [0, 0.1) is 11.7 Å². The third kappa shape index (κ3) is 4.46. The molecule has 1 aliphatic heterocycles. The quantitative estimate of drug-likeness (QED) is 0.841. The Labute approximate surface area is 120 Å². The molecule has 4 heteroatoms. The molecule has 1 aromatic carbocycles. The molecule has 20 heavy (non-hydrogen) atoms. The van der Waals surface area contributed by atoms with Crippen LogP contribution < -0.4 is 5.32 Å². The van der Waals surface area contributed by atoms with Crippen molar-refractivity contribution >= 4 is 0 Å². The third-order valence-corrected chi connectivity index (χ3v) is 3.95. The van der Waals surface area contributed by atoms with Crippen molar-refractivity contribution in [2.75, 3.05) is 26.2 Å². The van der Waals surface area contributed by atoms with Crippen molar-refractivity contribution in [1.29, 1.82) is 0 Å². The average Bonchev–Trinajstić information content (AvgIpc) is 2.44. The predicted molar refractivity (Wildman–Crippen MR) is 79.2 cm³/mol. The lowest BCUT2D eigenvalue weighted by Crippen LogP contribution is -2.36. The fourth-order valence-corrected chi connectivity index (χ4v) is 2.90. The number of phenols is 1. The molecule has 0 atom stereocenters. The van der Waals surface area contributed by atoms with E-state index in [9.17, 15) is 9.50 Å². The average molecular weight is 280 g/mol. The van der Waals surface area contributed by atoms with E-state index in [1.807, 2.05) is 0 Å². The van der Waals surface area contributed by atoms with Gasteiger partial charge in [-0.15, -0.1) is 0 Å². The van der Waals surface area contributed by atoms with Crippen LogP contribution in [0.15, 0.2) is 18.2 Å². The summed E-state index contributed by atoms with van der Waals surface area (Å²) in [5.74, 6) is 0.618. The van der Waals surface area contributed by atoms with Gasteiger partial charge in [0.05, 0.1) is 0 Å². The van der Waals surface area contributed by atoms with E-state index in [4.69, 9.17) is 0 Å². The van der Waals surface area contributed by atoms with Gasteiger partial charge in [-0.3, -0.25) is 4.90 Å². The van der Waals surface area contributed by atoms with E-state index in [0.29, 0.717) is 18.0 Å². The summed E-state index contributed by atoms with van der Waals surface area (Å²) in [6.45, 7) is 6.99. The molecule has 112 valence electrons. The van der Waals surface area contributed by atoms with Gasteiger partial charge in [0.15, 0.2) is 0 Å². The van der Waals surface area contributed by atoms with Crippen molar-refractivity contribution in [3.63, 3.8) is 0 Å². The van der Waals surface area contributed by atoms with Gasteiger partial charge >= 0.3 is 0 Å². The second kappa shape index (κ2) is 7.60. The Morgan fingerprint density at radius 3 is 2.80 bits per heavy atom. The lowest BCUT2D eigenvalue weighted by molar-refractivity contribution is 0.197. The molecule has 0 aliphatic carbocycles. The maximum atomic E-state index is 13.3. The van der Waals surface area contributed by atoms with Gasteiger partial charge in [0, 0.05) is 18.7 Å². The van der Waals surface area contributed by atoms with Crippen molar-refractivity contribution in [2.24, 2.45) is 5.92 Å². The minimum atomic E-state index is -0.281. The molecule has 0 bridgehead atoms. The van der Waals surface area contributed by atoms with Gasteiger partial charge < -0.3 is 10.4 Å². The maximum absolute atomic E-state index is 13.3. The number of nitrogens with zero attached hydrogens (tertiary/aromatic N) is 1. The Morgan fingerprint density at radius 2 is 2.10 bits per heavy atom. The second-order valence-electron chi connectivity index (χ2n) is 5.70. The molecule has 2 N–H and O–H groups in total. The first kappa shape index (κ1) is 15.3. The SMILES string of the molecule is CCCN(Cc1cc(F)ccc1O)CC1CCNCC1. The van der Waals surface area contributed by atoms with E-state index < -0.39 is 0 Å². The van der Waals surface area contributed by atoms with Crippen LogP contribution in [0.1, 0.15) is 31.7 Å². The molecule has 2 rings (SSSR count). The lowest BCUT2D eigenvalue weighted by Gasteiger charge is -2.30. The Bertz CT molecular complexity index is 419. The number of rotatable bonds is 6. The zero-order valence-electron chi connectivity index (χ0n) is 12.2. The van der Waals surface area contributed by atoms with Gasteiger partial charge in [-0.05, 0) is 63.0 Å². The van der Waals surface area contributed by atoms with E-state index in [-0.39, 0.29) is 11.6 Å². The van der Waals surface area contributed by atoms with Gasteiger partial charge in [-0.1, -0.05) is 6.92 Å². The minimum absolute atomic E-state index is 0.192. The number of halogens is 1. The molecule has 1 heterocycles. The van der Waals surface area contributed by atoms with Crippen LogP contribution in [0.3, 0.4) is 0 Å². The first-order valence-electron chi connectivity index (χ1n) is 7.59. The van der Waals surface area contributed by atoms with Crippen LogP contribution in [-0.4, -0.2) is 36.2 Å². The van der Waals surface area contributed by atoms with Gasteiger partial charge in [0.1, 0.15) is 11.6 Å². The van der Waals surface area contributed by atoms with Crippen LogP contribution in [0.25, 0.3) is 0 Å². The van der Waals surface area contributed by atoms with Gasteiger partial charge in [0.2, 0.25) is 0 Å². The molecule has 0 radical (unpaired) electrons. The van der Waals surface area contributed by atoms with Crippen molar-refractivity contribution in [3.05, 3.63) is 29.6 Å². The number of aromatic hydroxyl groups is 1. The molecule has 0 saturated carbocycles. The van der Waals surface area contributed by atoms with E-state index >= 15 is 0 Å². The monoisotopic (exact) mass is 280 g/mol. The zero-order chi connectivity index (χ0) is 14.4. The van der Waals surface area contributed by atoms with E-state index in [1.54, 1.807) is 0 Å². The molecule has 0 aromatic heterocycles. The molecule has 1 fully saturated rings. The number of hydrogen-bond donors (Lipinski definition) is 2. The third-order valence-electron chi connectivity index (χ3n) is 3.95. The second-order valence-corrected chi connectivity index (χ2v) is 5.70. The maximum Gasteiger partial charge on any atom is 0.123 e. The molecule has 1 saturated heterocycles. The standard InChI is InChI=1S/C16H25FN2O/c1-2-9-19(11-13-5-7-18-8-6-13)12-14-10-15(17)3-4-16(14)20/h3-4,10,13,18,20H,2,5-9,11-12H2,1H3. The summed E-state index contributed by atoms with van der Waals surface area (Å²) in [5, 5.41) is 13.2. The fraction of sp³-hybridized carbons (Fsp3) is 0.625. The Morgan fingerprint density at radius 1 is 1.35 bits per heavy atom. The molecule has 0 unspecified atom stereocenters. The van der Waals surface area contributed by atoms with Crippen LogP contribution in [0.4, 0.5) is 4.39 Å². The van der Waals surface area contributed by atoms with E-state index in [1.165, 1.54) is 31.0 Å². The number of piperidine rings is 1. The highest BCUT2D eigenvalue weighted by Gasteiger charge is 2.17. The Kier molecular flexibility index (Phi) is 5.80. The summed E-state index contributed by atoms with van der Waals surface area (Å²) in [5.41, 5.74) is 0.687. The highest BCUT2D eigenvalue weighted by atomic mass is 19.1. The molecular formula is C16H25FN2O. The van der Waals surface area contributed by atoms with Gasteiger partial charge in [-0.2, -0.15) is 0 Å². The molecule has 0 spiro atoms. The summed E-state index contributed by atoms with van der Waals surface area (Å²) in [6.07, 6.45) is 3.48. The van der Waals surface area contributed by atoms with Crippen LogP contribution in [-0.2, 0) is 6.54 Å². The fourth-order valence-electron chi connectivity index (χ4n) is 2.90. The predicted octanol–water partition coefficient (Wildman–Crippen LogP) is 2.74. The van der Waals surface area contributed by atoms with Crippen molar-refractivity contribution in [1.82, 2.24) is 10.2 Å². The van der Waals surface area contributed by atoms with Crippen molar-refractivity contribution in [3.8, 4) is 5.75 Å². The number of phenolic OH excluding ortho intramolecular Hbond substituents is 1. The van der Waals surface area contributed by atoms with Gasteiger partial charge in [0.25, 0.3) is 0 Å². The number of benzene rings is 1. The summed E-state index contributed by atoms with van der Waals surface area (Å²) in [4.78, 5) is 2.34. The first-order valence-corrected chi connectivity index (χ1v) is 7.59. The zero-order valence-corrected chi connectivity index (χ0v) is 12.2. The number of nitrogens with one attached hydrogen (secondary N) is 1. The Hall–Kier alpha value is -1.13. The van der Waals surface area contributed by atoms with Crippen molar-refractivity contribution < 1.29 is 9.50 Å². The normalized spacial score (nSPS) is 16.8. The van der Waals surface area contributed by atoms with E-state index in [2.05, 4.69) is 17.1 Å². The summed E-state index contributed by atoms with van der Waals surface area (Å²) in [6, 6.07) is 4.19. The first-order chi connectivity index (χ1) is 9.69. The highest BCUT2D eigenvalue weighted by molar-refractivity contribution is 5.32. The lowest BCUT2D eigenvalue weighted by atomic mass is 9.97. The molecular weight excluding hydrogens is 255 g/mol. The molecule has 1 aromatic rings.